The number of rotatable bonds is 5. The lowest BCUT2D eigenvalue weighted by molar-refractivity contribution is 0.0659. The zero-order chi connectivity index (χ0) is 13.1. The van der Waals surface area contributed by atoms with Gasteiger partial charge in [0.1, 0.15) is 5.76 Å². The lowest BCUT2D eigenvalue weighted by Gasteiger charge is -2.09. The third-order valence-corrected chi connectivity index (χ3v) is 2.62. The molecule has 0 aliphatic carbocycles. The van der Waals surface area contributed by atoms with Crippen molar-refractivity contribution in [2.75, 3.05) is 0 Å². The van der Waals surface area contributed by atoms with Gasteiger partial charge >= 0.3 is 5.97 Å². The van der Waals surface area contributed by atoms with Crippen molar-refractivity contribution in [2.24, 2.45) is 7.05 Å². The highest BCUT2D eigenvalue weighted by Crippen LogP contribution is 2.16. The van der Waals surface area contributed by atoms with Crippen molar-refractivity contribution >= 4 is 5.97 Å². The Morgan fingerprint density at radius 2 is 2.33 bits per heavy atom. The Hall–Kier alpha value is -2.08. The second kappa shape index (κ2) is 5.05. The summed E-state index contributed by atoms with van der Waals surface area (Å²) < 4.78 is 6.95. The maximum absolute atomic E-state index is 10.7. The predicted octanol–water partition coefficient (Wildman–Crippen LogP) is 1.56. The monoisotopic (exact) mass is 249 g/mol. The number of carbonyl (C=O) groups is 1. The van der Waals surface area contributed by atoms with Crippen LogP contribution in [0.4, 0.5) is 0 Å². The number of nitrogens with one attached hydrogen (secondary N) is 1. The summed E-state index contributed by atoms with van der Waals surface area (Å²) in [5.41, 5.74) is 0.925. The van der Waals surface area contributed by atoms with E-state index in [0.29, 0.717) is 12.3 Å². The van der Waals surface area contributed by atoms with Gasteiger partial charge in [0.15, 0.2) is 0 Å². The van der Waals surface area contributed by atoms with Crippen LogP contribution < -0.4 is 5.32 Å². The smallest absolute Gasteiger partial charge is 0.371 e. The molecule has 0 saturated heterocycles. The van der Waals surface area contributed by atoms with E-state index in [1.54, 1.807) is 10.7 Å². The fourth-order valence-corrected chi connectivity index (χ4v) is 1.62. The van der Waals surface area contributed by atoms with Crippen LogP contribution in [0.15, 0.2) is 28.8 Å². The Morgan fingerprint density at radius 3 is 2.89 bits per heavy atom. The molecule has 6 nitrogen and oxygen atoms in total. The number of carboxylic acids is 1. The minimum atomic E-state index is -1.06. The number of aromatic carboxylic acids is 1. The number of carboxylic acid groups (broad SMARTS) is 1. The quantitative estimate of drug-likeness (QED) is 0.840. The molecular weight excluding hydrogens is 234 g/mol. The molecule has 2 heterocycles. The molecule has 0 spiro atoms. The molecule has 0 bridgehead atoms. The molecule has 0 amide bonds. The molecule has 1 unspecified atom stereocenters. The van der Waals surface area contributed by atoms with Crippen LogP contribution in [0.25, 0.3) is 0 Å². The van der Waals surface area contributed by atoms with Gasteiger partial charge in [0.05, 0.1) is 11.7 Å². The van der Waals surface area contributed by atoms with Gasteiger partial charge in [-0.05, 0) is 25.1 Å². The Balaban J connectivity index is 1.94. The average molecular weight is 249 g/mol. The van der Waals surface area contributed by atoms with Crippen molar-refractivity contribution in [1.29, 1.82) is 0 Å². The van der Waals surface area contributed by atoms with Crippen molar-refractivity contribution < 1.29 is 14.3 Å². The summed E-state index contributed by atoms with van der Waals surface area (Å²) in [6.45, 7) is 2.51. The van der Waals surface area contributed by atoms with Gasteiger partial charge in [-0.1, -0.05) is 0 Å². The van der Waals surface area contributed by atoms with Crippen molar-refractivity contribution in [3.05, 3.63) is 41.6 Å². The van der Waals surface area contributed by atoms with Crippen molar-refractivity contribution in [1.82, 2.24) is 15.1 Å². The van der Waals surface area contributed by atoms with E-state index in [1.807, 2.05) is 26.2 Å². The fourth-order valence-electron chi connectivity index (χ4n) is 1.62. The molecule has 96 valence electrons. The topological polar surface area (TPSA) is 80.3 Å². The Kier molecular flexibility index (Phi) is 3.47. The van der Waals surface area contributed by atoms with Gasteiger partial charge < -0.3 is 14.8 Å². The molecule has 18 heavy (non-hydrogen) atoms. The number of hydrogen-bond donors (Lipinski definition) is 2. The second-order valence-electron chi connectivity index (χ2n) is 4.09. The van der Waals surface area contributed by atoms with Crippen LogP contribution >= 0.6 is 0 Å². The molecule has 2 aromatic rings. The first kappa shape index (κ1) is 12.4. The zero-order valence-electron chi connectivity index (χ0n) is 10.3. The van der Waals surface area contributed by atoms with Crippen LogP contribution in [-0.2, 0) is 13.6 Å². The van der Waals surface area contributed by atoms with Gasteiger partial charge in [-0.2, -0.15) is 5.10 Å². The van der Waals surface area contributed by atoms with E-state index < -0.39 is 5.97 Å². The molecule has 2 aromatic heterocycles. The van der Waals surface area contributed by atoms with Crippen molar-refractivity contribution in [2.45, 2.75) is 19.5 Å². The lowest BCUT2D eigenvalue weighted by Crippen LogP contribution is -2.18. The highest BCUT2D eigenvalue weighted by molar-refractivity contribution is 5.84. The third-order valence-electron chi connectivity index (χ3n) is 2.62. The van der Waals surface area contributed by atoms with Gasteiger partial charge in [-0.3, -0.25) is 4.68 Å². The highest BCUT2D eigenvalue weighted by Gasteiger charge is 2.13. The van der Waals surface area contributed by atoms with Crippen molar-refractivity contribution in [3.8, 4) is 0 Å². The number of aryl methyl sites for hydroxylation is 1. The zero-order valence-corrected chi connectivity index (χ0v) is 10.3. The normalized spacial score (nSPS) is 12.6. The molecule has 1 atom stereocenters. The van der Waals surface area contributed by atoms with E-state index in [2.05, 4.69) is 10.4 Å². The molecule has 0 saturated carbocycles. The molecular formula is C12H15N3O3. The first-order valence-corrected chi connectivity index (χ1v) is 5.61. The standard InChI is InChI=1S/C12H15N3O3/c1-8(10-3-4-11(18-10)12(16)17)13-7-9-5-6-15(2)14-9/h3-6,8,13H,7H2,1-2H3,(H,16,17). The second-order valence-corrected chi connectivity index (χ2v) is 4.09. The maximum atomic E-state index is 10.7. The van der Waals surface area contributed by atoms with Crippen LogP contribution in [0.3, 0.4) is 0 Å². The van der Waals surface area contributed by atoms with E-state index in [1.165, 1.54) is 6.07 Å². The fraction of sp³-hybridized carbons (Fsp3) is 0.333. The first-order chi connectivity index (χ1) is 8.56. The molecule has 0 aliphatic rings. The summed E-state index contributed by atoms with van der Waals surface area (Å²) in [6.07, 6.45) is 1.87. The van der Waals surface area contributed by atoms with E-state index >= 15 is 0 Å². The van der Waals surface area contributed by atoms with Crippen LogP contribution in [0, 0.1) is 0 Å². The third kappa shape index (κ3) is 2.78. The minimum absolute atomic E-state index is 0.0449. The largest absolute Gasteiger partial charge is 0.475 e. The molecule has 0 aromatic carbocycles. The molecule has 0 aliphatic heterocycles. The van der Waals surface area contributed by atoms with Gasteiger partial charge in [0, 0.05) is 19.8 Å². The van der Waals surface area contributed by atoms with E-state index in [9.17, 15) is 4.79 Å². The molecule has 6 heteroatoms. The predicted molar refractivity (Wildman–Crippen MR) is 64.1 cm³/mol. The molecule has 2 rings (SSSR count). The van der Waals surface area contributed by atoms with E-state index in [0.717, 1.165) is 5.69 Å². The highest BCUT2D eigenvalue weighted by atomic mass is 16.4. The summed E-state index contributed by atoms with van der Waals surface area (Å²) >= 11 is 0. The van der Waals surface area contributed by atoms with E-state index in [-0.39, 0.29) is 11.8 Å². The van der Waals surface area contributed by atoms with Gasteiger partial charge in [0.25, 0.3) is 0 Å². The summed E-state index contributed by atoms with van der Waals surface area (Å²) in [6, 6.07) is 4.97. The molecule has 0 radical (unpaired) electrons. The Morgan fingerprint density at radius 1 is 1.56 bits per heavy atom. The Labute approximate surface area is 104 Å². The number of nitrogens with zero attached hydrogens (tertiary/aromatic N) is 2. The summed E-state index contributed by atoms with van der Waals surface area (Å²) in [5, 5.41) is 16.2. The SMILES string of the molecule is CC(NCc1ccn(C)n1)c1ccc(C(=O)O)o1. The van der Waals surface area contributed by atoms with Gasteiger partial charge in [-0.15, -0.1) is 0 Å². The molecule has 2 N–H and O–H groups in total. The van der Waals surface area contributed by atoms with Crippen molar-refractivity contribution in [3.63, 3.8) is 0 Å². The summed E-state index contributed by atoms with van der Waals surface area (Å²) in [7, 11) is 1.86. The summed E-state index contributed by atoms with van der Waals surface area (Å²) in [5.74, 6) is -0.502. The van der Waals surface area contributed by atoms with Crippen LogP contribution in [0.1, 0.15) is 35.0 Å². The molecule has 0 fully saturated rings. The minimum Gasteiger partial charge on any atom is -0.475 e. The average Bonchev–Trinajstić information content (AvgIpc) is 2.94. The van der Waals surface area contributed by atoms with Crippen LogP contribution in [0.5, 0.6) is 0 Å². The van der Waals surface area contributed by atoms with Gasteiger partial charge in [0.2, 0.25) is 5.76 Å². The summed E-state index contributed by atoms with van der Waals surface area (Å²) in [4.78, 5) is 10.7. The number of furan rings is 1. The number of hydrogen-bond acceptors (Lipinski definition) is 4. The van der Waals surface area contributed by atoms with Crippen LogP contribution in [-0.4, -0.2) is 20.9 Å². The van der Waals surface area contributed by atoms with Gasteiger partial charge in [-0.25, -0.2) is 4.79 Å². The van der Waals surface area contributed by atoms with E-state index in [4.69, 9.17) is 9.52 Å². The first-order valence-electron chi connectivity index (χ1n) is 5.61. The lowest BCUT2D eigenvalue weighted by atomic mass is 10.2. The maximum Gasteiger partial charge on any atom is 0.371 e. The Bertz CT molecular complexity index is 544. The number of aromatic nitrogens is 2. The van der Waals surface area contributed by atoms with Crippen LogP contribution in [0.2, 0.25) is 0 Å².